The van der Waals surface area contributed by atoms with Gasteiger partial charge in [0.25, 0.3) is 16.8 Å². The molecule has 49 heavy (non-hydrogen) atoms. The Balaban J connectivity index is 0.000000333. The average molecular weight is 712 g/mol. The minimum Gasteiger partial charge on any atom is -0.506 e. The number of aromatic hydroxyl groups is 4. The summed E-state index contributed by atoms with van der Waals surface area (Å²) >= 11 is 0. The number of aromatic nitrogens is 2. The molecule has 4 aromatic rings. The number of hydrogen-bond donors (Lipinski definition) is 4. The molecule has 0 fully saturated rings. The summed E-state index contributed by atoms with van der Waals surface area (Å²) in [6.45, 7) is 14.8. The van der Waals surface area contributed by atoms with E-state index in [1.807, 2.05) is 19.9 Å². The molecule has 0 aliphatic carbocycles. The fourth-order valence-corrected chi connectivity index (χ4v) is 4.45. The van der Waals surface area contributed by atoms with Crippen molar-refractivity contribution in [2.75, 3.05) is 0 Å². The van der Waals surface area contributed by atoms with Crippen LogP contribution in [0.25, 0.3) is 4.85 Å². The summed E-state index contributed by atoms with van der Waals surface area (Å²) in [7, 11) is 0. The summed E-state index contributed by atoms with van der Waals surface area (Å²) in [5, 5.41) is 65.2. The third kappa shape index (κ3) is 9.19. The van der Waals surface area contributed by atoms with E-state index < -0.39 is 11.1 Å². The molecule has 0 spiro atoms. The zero-order chi connectivity index (χ0) is 35.4. The first-order valence-corrected chi connectivity index (χ1v) is 15.1. The fraction of sp³-hybridized carbons (Fsp3) is 0.294. The zero-order valence-electron chi connectivity index (χ0n) is 27.4. The van der Waals surface area contributed by atoms with Gasteiger partial charge in [-0.3, -0.25) is 18.7 Å². The third-order valence-corrected chi connectivity index (χ3v) is 7.26. The van der Waals surface area contributed by atoms with Crippen molar-refractivity contribution in [3.63, 3.8) is 0 Å². The van der Waals surface area contributed by atoms with Gasteiger partial charge in [-0.2, -0.15) is 5.26 Å². The van der Waals surface area contributed by atoms with E-state index in [1.165, 1.54) is 26.0 Å². The molecule has 0 unspecified atom stereocenters. The first-order valence-electron chi connectivity index (χ1n) is 15.1. The van der Waals surface area contributed by atoms with Gasteiger partial charge in [0.05, 0.1) is 6.57 Å². The summed E-state index contributed by atoms with van der Waals surface area (Å²) in [5.41, 5.74) is -0.160. The van der Waals surface area contributed by atoms with Gasteiger partial charge in [0.15, 0.2) is 5.69 Å². The predicted molar refractivity (Wildman–Crippen MR) is 180 cm³/mol. The van der Waals surface area contributed by atoms with Gasteiger partial charge in [0, 0.05) is 35.4 Å². The molecule has 257 valence electrons. The van der Waals surface area contributed by atoms with Crippen molar-refractivity contribution in [3.05, 3.63) is 97.3 Å². The normalized spacial score (nSPS) is 10.7. The molecule has 0 saturated carbocycles. The Morgan fingerprint density at radius 2 is 1.16 bits per heavy atom. The van der Waals surface area contributed by atoms with Crippen molar-refractivity contribution < 1.29 is 37.2 Å². The number of phenols is 2. The Morgan fingerprint density at radius 1 is 0.735 bits per heavy atom. The average Bonchev–Trinajstić information content (AvgIpc) is 3.07. The maximum absolute atomic E-state index is 12.3. The zero-order valence-corrected chi connectivity index (χ0v) is 28.4. The van der Waals surface area contributed by atoms with E-state index in [2.05, 4.69) is 25.3 Å². The van der Waals surface area contributed by atoms with E-state index >= 15 is 0 Å². The third-order valence-electron chi connectivity index (χ3n) is 7.26. The summed E-state index contributed by atoms with van der Waals surface area (Å²) < 4.78 is 2.28. The summed E-state index contributed by atoms with van der Waals surface area (Å²) in [6.07, 6.45) is 3.03. The van der Waals surface area contributed by atoms with Crippen LogP contribution in [0, 0.1) is 31.8 Å². The van der Waals surface area contributed by atoms with E-state index in [4.69, 9.17) is 6.57 Å². The number of para-hydroxylation sites is 2. The second kappa shape index (κ2) is 18.5. The van der Waals surface area contributed by atoms with E-state index in [0.717, 1.165) is 22.0 Å². The summed E-state index contributed by atoms with van der Waals surface area (Å²) in [5.74, 6) is -0.761. The first-order chi connectivity index (χ1) is 23.0. The molecule has 0 bridgehead atoms. The Kier molecular flexibility index (Phi) is 14.9. The molecular weight excluding hydrogens is 675 g/mol. The summed E-state index contributed by atoms with van der Waals surface area (Å²) in [4.78, 5) is 27.9. The molecule has 1 radical (unpaired) electrons. The number of nitriles is 1. The van der Waals surface area contributed by atoms with Gasteiger partial charge in [-0.15, -0.1) is 20.5 Å². The minimum absolute atomic E-state index is 0. The fourth-order valence-electron chi connectivity index (χ4n) is 4.45. The maximum atomic E-state index is 12.3. The van der Waals surface area contributed by atoms with Crippen LogP contribution in [-0.4, -0.2) is 29.6 Å². The van der Waals surface area contributed by atoms with Crippen molar-refractivity contribution in [2.24, 2.45) is 20.5 Å². The number of unbranched alkanes of at least 4 members (excludes halogenated alkanes) is 2. The molecule has 0 aliphatic heterocycles. The molecule has 0 atom stereocenters. The van der Waals surface area contributed by atoms with Crippen molar-refractivity contribution in [3.8, 4) is 29.3 Å². The van der Waals surface area contributed by atoms with Gasteiger partial charge >= 0.3 is 0 Å². The Bertz CT molecular complexity index is 1910. The molecule has 4 N–H and O–H groups in total. The van der Waals surface area contributed by atoms with Crippen LogP contribution in [-0.2, 0) is 29.9 Å². The number of pyridine rings is 2. The first kappa shape index (κ1) is 39.4. The molecule has 14 nitrogen and oxygen atoms in total. The second-order valence-electron chi connectivity index (χ2n) is 10.5. The van der Waals surface area contributed by atoms with Crippen LogP contribution in [0.3, 0.4) is 0 Å². The van der Waals surface area contributed by atoms with Crippen molar-refractivity contribution in [1.82, 2.24) is 9.13 Å². The van der Waals surface area contributed by atoms with Crippen LogP contribution in [0.1, 0.15) is 56.2 Å². The maximum Gasteiger partial charge on any atom is 0.271 e. The van der Waals surface area contributed by atoms with E-state index in [-0.39, 0.29) is 91.7 Å². The van der Waals surface area contributed by atoms with E-state index in [9.17, 15) is 35.3 Å². The van der Waals surface area contributed by atoms with Crippen LogP contribution in [0.2, 0.25) is 0 Å². The number of phenolic OH excluding ortho intramolecular Hbond substituents is 2. The van der Waals surface area contributed by atoms with Crippen LogP contribution < -0.4 is 11.1 Å². The van der Waals surface area contributed by atoms with Crippen molar-refractivity contribution >= 4 is 28.4 Å². The molecular formula is C34H36CoN8O6. The van der Waals surface area contributed by atoms with Gasteiger partial charge in [0.1, 0.15) is 40.2 Å². The number of azo groups is 2. The number of hydrogen-bond acceptors (Lipinski definition) is 11. The van der Waals surface area contributed by atoms with Crippen LogP contribution >= 0.6 is 0 Å². The quantitative estimate of drug-likeness (QED) is 0.0942. The van der Waals surface area contributed by atoms with Crippen molar-refractivity contribution in [2.45, 2.75) is 66.5 Å². The molecule has 2 aromatic heterocycles. The predicted octanol–water partition coefficient (Wildman–Crippen LogP) is 7.99. The van der Waals surface area contributed by atoms with Crippen LogP contribution in [0.5, 0.6) is 23.3 Å². The van der Waals surface area contributed by atoms with Crippen LogP contribution in [0.4, 0.5) is 28.4 Å². The van der Waals surface area contributed by atoms with Crippen molar-refractivity contribution in [1.29, 1.82) is 5.26 Å². The van der Waals surface area contributed by atoms with Gasteiger partial charge in [-0.25, -0.2) is 4.85 Å². The largest absolute Gasteiger partial charge is 0.506 e. The standard InChI is InChI=1S/2C17H18N4O3.Co/c1-4-5-10-21-16(23)14(18-3)11(2)15(17(21)24)20-19-12-8-6-7-9-13(12)22;1-3-4-9-21-16(23)12(10-18)11(2)15(17(21)24)20-19-13-7-5-6-8-14(13)22;/h6-9,22,24H,4-5,10H2,1-2H3;5-8,22,24H,3-4,9H2,1-2H3;. The van der Waals surface area contributed by atoms with Gasteiger partial charge in [0.2, 0.25) is 11.8 Å². The Labute approximate surface area is 293 Å². The minimum atomic E-state index is -0.539. The Hall–Kier alpha value is -5.77. The number of benzene rings is 2. The molecule has 15 heteroatoms. The molecule has 0 saturated heterocycles. The topological polar surface area (TPSA) is 203 Å². The smallest absolute Gasteiger partial charge is 0.271 e. The van der Waals surface area contributed by atoms with Gasteiger partial charge < -0.3 is 20.4 Å². The molecule has 0 aliphatic rings. The monoisotopic (exact) mass is 711 g/mol. The molecule has 4 rings (SSSR count). The molecule has 2 aromatic carbocycles. The van der Waals surface area contributed by atoms with Gasteiger partial charge in [-0.1, -0.05) is 51.0 Å². The van der Waals surface area contributed by atoms with E-state index in [0.29, 0.717) is 19.4 Å². The SMILES string of the molecule is CCCCn1c(O)c(N=Nc2ccccc2O)c(C)c(C#N)c1=O.[C-]#[N+]c1c(C)c(N=Nc2ccccc2O)c(O)n(CCCC)c1=O.[Co]. The molecule has 2 heterocycles. The summed E-state index contributed by atoms with van der Waals surface area (Å²) in [6, 6.07) is 14.6. The van der Waals surface area contributed by atoms with E-state index in [1.54, 1.807) is 36.4 Å². The second-order valence-corrected chi connectivity index (χ2v) is 10.5. The number of nitrogens with zero attached hydrogens (tertiary/aromatic N) is 8. The van der Waals surface area contributed by atoms with Crippen LogP contribution in [0.15, 0.2) is 78.6 Å². The molecule has 0 amide bonds. The van der Waals surface area contributed by atoms with Gasteiger partial charge in [-0.05, 0) is 56.5 Å². The Morgan fingerprint density at radius 3 is 1.57 bits per heavy atom. The number of rotatable bonds is 10.